The summed E-state index contributed by atoms with van der Waals surface area (Å²) in [5, 5.41) is 0. The van der Waals surface area contributed by atoms with Gasteiger partial charge in [0.25, 0.3) is 0 Å². The van der Waals surface area contributed by atoms with Crippen LogP contribution < -0.4 is 10.6 Å². The second kappa shape index (κ2) is 4.82. The normalized spacial score (nSPS) is 18.4. The summed E-state index contributed by atoms with van der Waals surface area (Å²) in [6.07, 6.45) is 6.20. The Morgan fingerprint density at radius 1 is 1.11 bits per heavy atom. The molecule has 0 spiro atoms. The molecule has 0 aliphatic carbocycles. The molecule has 1 aromatic carbocycles. The fraction of sp³-hybridized carbons (Fsp3) is 0.647. The molecule has 2 heterocycles. The molecule has 3 rings (SSSR count). The van der Waals surface area contributed by atoms with Crippen LogP contribution in [0.3, 0.4) is 0 Å². The topological polar surface area (TPSA) is 29.3 Å². The molecule has 104 valence electrons. The maximum atomic E-state index is 5.79. The van der Waals surface area contributed by atoms with Crippen LogP contribution in [-0.4, -0.2) is 19.6 Å². The van der Waals surface area contributed by atoms with Crippen molar-refractivity contribution >= 4 is 5.69 Å². The predicted octanol–water partition coefficient (Wildman–Crippen LogP) is 3.01. The van der Waals surface area contributed by atoms with E-state index in [9.17, 15) is 0 Å². The van der Waals surface area contributed by atoms with Gasteiger partial charge in [0, 0.05) is 18.8 Å². The van der Waals surface area contributed by atoms with Gasteiger partial charge < -0.3 is 10.6 Å². The Hall–Kier alpha value is -1.02. The van der Waals surface area contributed by atoms with Crippen LogP contribution in [0, 0.1) is 0 Å². The van der Waals surface area contributed by atoms with Gasteiger partial charge in [-0.05, 0) is 60.8 Å². The van der Waals surface area contributed by atoms with E-state index in [0.29, 0.717) is 0 Å². The van der Waals surface area contributed by atoms with E-state index in [1.54, 1.807) is 16.8 Å². The van der Waals surface area contributed by atoms with Gasteiger partial charge in [0.2, 0.25) is 0 Å². The Labute approximate surface area is 117 Å². The van der Waals surface area contributed by atoms with E-state index in [1.165, 1.54) is 44.3 Å². The monoisotopic (exact) mass is 258 g/mol. The maximum Gasteiger partial charge on any atom is 0.0431 e. The minimum atomic E-state index is 0.208. The zero-order valence-corrected chi connectivity index (χ0v) is 12.3. The highest BCUT2D eigenvalue weighted by atomic mass is 15.1. The van der Waals surface area contributed by atoms with E-state index in [1.807, 2.05) is 0 Å². The molecule has 19 heavy (non-hydrogen) atoms. The first-order valence-electron chi connectivity index (χ1n) is 7.73. The van der Waals surface area contributed by atoms with Gasteiger partial charge in [0.15, 0.2) is 0 Å². The standard InChI is InChI=1S/C17H26N2/c1-17(2,7-8-18)15-11-13-5-3-9-19-10-4-6-14(12-15)16(13)19/h11-12H,3-10,18H2,1-2H3. The van der Waals surface area contributed by atoms with Gasteiger partial charge in [-0.25, -0.2) is 0 Å². The molecule has 2 N–H and O–H groups in total. The highest BCUT2D eigenvalue weighted by molar-refractivity contribution is 5.64. The van der Waals surface area contributed by atoms with E-state index >= 15 is 0 Å². The highest BCUT2D eigenvalue weighted by Gasteiger charge is 2.27. The van der Waals surface area contributed by atoms with E-state index in [4.69, 9.17) is 5.73 Å². The van der Waals surface area contributed by atoms with E-state index in [2.05, 4.69) is 30.9 Å². The number of nitrogens with zero attached hydrogens (tertiary/aromatic N) is 1. The molecule has 1 aromatic rings. The lowest BCUT2D eigenvalue weighted by Crippen LogP contribution is -2.35. The number of hydrogen-bond donors (Lipinski definition) is 1. The third kappa shape index (κ3) is 2.27. The number of benzene rings is 1. The number of rotatable bonds is 3. The van der Waals surface area contributed by atoms with Gasteiger partial charge in [-0.2, -0.15) is 0 Å². The Morgan fingerprint density at radius 2 is 1.68 bits per heavy atom. The minimum Gasteiger partial charge on any atom is -0.371 e. The molecule has 2 aliphatic heterocycles. The smallest absolute Gasteiger partial charge is 0.0431 e. The lowest BCUT2D eigenvalue weighted by Gasteiger charge is -2.38. The summed E-state index contributed by atoms with van der Waals surface area (Å²) in [6, 6.07) is 4.93. The zero-order chi connectivity index (χ0) is 13.5. The summed E-state index contributed by atoms with van der Waals surface area (Å²) in [5.74, 6) is 0. The van der Waals surface area contributed by atoms with Crippen LogP contribution in [0.5, 0.6) is 0 Å². The van der Waals surface area contributed by atoms with Crippen molar-refractivity contribution in [3.63, 3.8) is 0 Å². The molecular weight excluding hydrogens is 232 g/mol. The van der Waals surface area contributed by atoms with Crippen molar-refractivity contribution in [3.8, 4) is 0 Å². The van der Waals surface area contributed by atoms with Gasteiger partial charge in [0.05, 0.1) is 0 Å². The van der Waals surface area contributed by atoms with Gasteiger partial charge in [0.1, 0.15) is 0 Å². The third-order valence-corrected chi connectivity index (χ3v) is 4.88. The first kappa shape index (κ1) is 13.0. The Bertz CT molecular complexity index is 445. The number of hydrogen-bond acceptors (Lipinski definition) is 2. The van der Waals surface area contributed by atoms with E-state index in [0.717, 1.165) is 13.0 Å². The molecule has 0 bridgehead atoms. The molecule has 0 amide bonds. The van der Waals surface area contributed by atoms with Gasteiger partial charge in [-0.3, -0.25) is 0 Å². The Kier molecular flexibility index (Phi) is 3.30. The molecule has 0 atom stereocenters. The third-order valence-electron chi connectivity index (χ3n) is 4.88. The van der Waals surface area contributed by atoms with Crippen molar-refractivity contribution < 1.29 is 0 Å². The van der Waals surface area contributed by atoms with Crippen molar-refractivity contribution in [2.75, 3.05) is 24.5 Å². The van der Waals surface area contributed by atoms with Crippen LogP contribution in [0.25, 0.3) is 0 Å². The number of nitrogens with two attached hydrogens (primary N) is 1. The predicted molar refractivity (Wildman–Crippen MR) is 82.0 cm³/mol. The molecule has 0 fully saturated rings. The summed E-state index contributed by atoms with van der Waals surface area (Å²) in [7, 11) is 0. The summed E-state index contributed by atoms with van der Waals surface area (Å²) < 4.78 is 0. The lowest BCUT2D eigenvalue weighted by atomic mass is 9.78. The van der Waals surface area contributed by atoms with E-state index < -0.39 is 0 Å². The minimum absolute atomic E-state index is 0.208. The second-order valence-electron chi connectivity index (χ2n) is 6.76. The second-order valence-corrected chi connectivity index (χ2v) is 6.76. The number of aryl methyl sites for hydroxylation is 2. The van der Waals surface area contributed by atoms with Gasteiger partial charge in [-0.15, -0.1) is 0 Å². The Balaban J connectivity index is 2.06. The lowest BCUT2D eigenvalue weighted by molar-refractivity contribution is 0.485. The van der Waals surface area contributed by atoms with Crippen molar-refractivity contribution in [3.05, 3.63) is 28.8 Å². The van der Waals surface area contributed by atoms with E-state index in [-0.39, 0.29) is 5.41 Å². The van der Waals surface area contributed by atoms with Crippen LogP contribution in [-0.2, 0) is 18.3 Å². The van der Waals surface area contributed by atoms with Crippen LogP contribution >= 0.6 is 0 Å². The fourth-order valence-corrected chi connectivity index (χ4v) is 3.70. The average Bonchev–Trinajstić information content (AvgIpc) is 2.39. The number of anilines is 1. The quantitative estimate of drug-likeness (QED) is 0.903. The fourth-order valence-electron chi connectivity index (χ4n) is 3.70. The molecule has 0 aromatic heterocycles. The summed E-state index contributed by atoms with van der Waals surface area (Å²) in [6.45, 7) is 7.94. The largest absolute Gasteiger partial charge is 0.371 e. The van der Waals surface area contributed by atoms with Crippen molar-refractivity contribution in [2.24, 2.45) is 5.73 Å². The van der Waals surface area contributed by atoms with Crippen LogP contribution in [0.4, 0.5) is 5.69 Å². The highest BCUT2D eigenvalue weighted by Crippen LogP contribution is 2.39. The van der Waals surface area contributed by atoms with Crippen molar-refractivity contribution in [1.29, 1.82) is 0 Å². The molecule has 2 aliphatic rings. The molecule has 0 saturated heterocycles. The maximum absolute atomic E-state index is 5.79. The van der Waals surface area contributed by atoms with Crippen LogP contribution in [0.2, 0.25) is 0 Å². The molecule has 2 heteroatoms. The molecule has 0 saturated carbocycles. The first-order chi connectivity index (χ1) is 9.12. The van der Waals surface area contributed by atoms with Crippen LogP contribution in [0.1, 0.15) is 49.8 Å². The molecule has 2 nitrogen and oxygen atoms in total. The molecular formula is C17H26N2. The molecule has 0 unspecified atom stereocenters. The van der Waals surface area contributed by atoms with Crippen molar-refractivity contribution in [2.45, 2.75) is 51.4 Å². The van der Waals surface area contributed by atoms with Crippen molar-refractivity contribution in [1.82, 2.24) is 0 Å². The summed E-state index contributed by atoms with van der Waals surface area (Å²) in [4.78, 5) is 2.61. The van der Waals surface area contributed by atoms with Gasteiger partial charge in [-0.1, -0.05) is 26.0 Å². The average molecular weight is 258 g/mol. The van der Waals surface area contributed by atoms with Gasteiger partial charge >= 0.3 is 0 Å². The molecule has 0 radical (unpaired) electrons. The summed E-state index contributed by atoms with van der Waals surface area (Å²) >= 11 is 0. The first-order valence-corrected chi connectivity index (χ1v) is 7.73. The SMILES string of the molecule is CC(C)(CCN)c1cc2c3c(c1)CCCN3CCC2. The Morgan fingerprint density at radius 3 is 2.21 bits per heavy atom. The zero-order valence-electron chi connectivity index (χ0n) is 12.3. The van der Waals surface area contributed by atoms with Crippen LogP contribution in [0.15, 0.2) is 12.1 Å². The summed E-state index contributed by atoms with van der Waals surface area (Å²) in [5.41, 5.74) is 12.2.